The molecule has 2 N–H and O–H groups in total. The number of nitrogens with zero attached hydrogens (tertiary/aromatic N) is 1. The number of aliphatic hydroxyl groups is 1. The first-order valence-corrected chi connectivity index (χ1v) is 5.13. The fourth-order valence-electron chi connectivity index (χ4n) is 1.24. The van der Waals surface area contributed by atoms with Crippen molar-refractivity contribution in [3.63, 3.8) is 0 Å². The van der Waals surface area contributed by atoms with E-state index >= 15 is 0 Å². The standard InChI is InChI=1S/C9H14N2O5/c12-3-8(13)11(2-7-5-16-7)9(14)10-1-6-4-15-6/h6-7,12H,1-5H2,(H,10,14). The van der Waals surface area contributed by atoms with Crippen molar-refractivity contribution in [3.8, 4) is 0 Å². The molecule has 2 saturated heterocycles. The van der Waals surface area contributed by atoms with Crippen LogP contribution in [-0.4, -0.2) is 67.1 Å². The number of carbonyl (C=O) groups excluding carboxylic acids is 2. The highest BCUT2D eigenvalue weighted by Gasteiger charge is 2.32. The number of ether oxygens (including phenoxy) is 2. The first kappa shape index (κ1) is 11.3. The fourth-order valence-corrected chi connectivity index (χ4v) is 1.24. The van der Waals surface area contributed by atoms with Crippen LogP contribution in [0.2, 0.25) is 0 Å². The SMILES string of the molecule is O=C(CO)N(CC1CO1)C(=O)NCC1CO1. The van der Waals surface area contributed by atoms with Gasteiger partial charge in [-0.05, 0) is 0 Å². The van der Waals surface area contributed by atoms with Gasteiger partial charge in [0.05, 0.1) is 32.0 Å². The molecule has 2 atom stereocenters. The van der Waals surface area contributed by atoms with Crippen LogP contribution in [-0.2, 0) is 14.3 Å². The minimum absolute atomic E-state index is 0.0622. The lowest BCUT2D eigenvalue weighted by atomic mass is 10.4. The van der Waals surface area contributed by atoms with Crippen LogP contribution < -0.4 is 5.32 Å². The highest BCUT2D eigenvalue weighted by atomic mass is 16.6. The number of aliphatic hydroxyl groups excluding tert-OH is 1. The number of hydrogen-bond acceptors (Lipinski definition) is 5. The summed E-state index contributed by atoms with van der Waals surface area (Å²) in [6.45, 7) is 1.09. The van der Waals surface area contributed by atoms with Crippen LogP contribution >= 0.6 is 0 Å². The largest absolute Gasteiger partial charge is 0.387 e. The number of amides is 3. The van der Waals surface area contributed by atoms with Gasteiger partial charge in [0.25, 0.3) is 5.91 Å². The molecule has 0 aliphatic carbocycles. The minimum Gasteiger partial charge on any atom is -0.387 e. The molecule has 2 aliphatic heterocycles. The average Bonchev–Trinajstić information content (AvgIpc) is 3.15. The van der Waals surface area contributed by atoms with Gasteiger partial charge in [0.2, 0.25) is 0 Å². The van der Waals surface area contributed by atoms with Gasteiger partial charge < -0.3 is 19.9 Å². The smallest absolute Gasteiger partial charge is 0.324 e. The van der Waals surface area contributed by atoms with Crippen LogP contribution in [0.15, 0.2) is 0 Å². The highest BCUT2D eigenvalue weighted by Crippen LogP contribution is 2.11. The molecule has 2 aliphatic rings. The summed E-state index contributed by atoms with van der Waals surface area (Å²) in [5.41, 5.74) is 0. The highest BCUT2D eigenvalue weighted by molar-refractivity contribution is 5.95. The normalized spacial score (nSPS) is 26.1. The second-order valence-corrected chi connectivity index (χ2v) is 3.76. The van der Waals surface area contributed by atoms with E-state index in [2.05, 4.69) is 5.32 Å². The number of nitrogens with one attached hydrogen (secondary N) is 1. The van der Waals surface area contributed by atoms with Crippen molar-refractivity contribution in [1.29, 1.82) is 0 Å². The maximum absolute atomic E-state index is 11.6. The lowest BCUT2D eigenvalue weighted by Gasteiger charge is -2.19. The van der Waals surface area contributed by atoms with E-state index in [-0.39, 0.29) is 18.8 Å². The molecule has 2 heterocycles. The van der Waals surface area contributed by atoms with E-state index in [0.717, 1.165) is 4.90 Å². The quantitative estimate of drug-likeness (QED) is 0.550. The lowest BCUT2D eigenvalue weighted by molar-refractivity contribution is -0.131. The molecule has 2 unspecified atom stereocenters. The van der Waals surface area contributed by atoms with Gasteiger partial charge in [0, 0.05) is 6.54 Å². The maximum atomic E-state index is 11.6. The van der Waals surface area contributed by atoms with E-state index in [1.165, 1.54) is 0 Å². The van der Waals surface area contributed by atoms with Crippen LogP contribution in [0.5, 0.6) is 0 Å². The molecule has 0 aromatic carbocycles. The monoisotopic (exact) mass is 230 g/mol. The Balaban J connectivity index is 1.81. The Morgan fingerprint density at radius 1 is 1.31 bits per heavy atom. The van der Waals surface area contributed by atoms with Crippen LogP contribution in [0.25, 0.3) is 0 Å². The molecule has 3 amide bonds. The summed E-state index contributed by atoms with van der Waals surface area (Å²) in [5, 5.41) is 11.3. The number of epoxide rings is 2. The van der Waals surface area contributed by atoms with E-state index in [4.69, 9.17) is 14.6 Å². The predicted octanol–water partition coefficient (Wildman–Crippen LogP) is -1.69. The molecule has 0 aromatic heterocycles. The van der Waals surface area contributed by atoms with Crippen LogP contribution in [0.4, 0.5) is 4.79 Å². The molecule has 0 aromatic rings. The molecule has 16 heavy (non-hydrogen) atoms. The van der Waals surface area contributed by atoms with E-state index in [1.54, 1.807) is 0 Å². The van der Waals surface area contributed by atoms with Crippen LogP contribution in [0.1, 0.15) is 0 Å². The number of urea groups is 1. The third kappa shape index (κ3) is 3.16. The van der Waals surface area contributed by atoms with Crippen molar-refractivity contribution in [2.75, 3.05) is 32.9 Å². The van der Waals surface area contributed by atoms with Crippen molar-refractivity contribution in [2.24, 2.45) is 0 Å². The summed E-state index contributed by atoms with van der Waals surface area (Å²) in [6, 6.07) is -0.509. The zero-order chi connectivity index (χ0) is 11.5. The van der Waals surface area contributed by atoms with Gasteiger partial charge in [0.15, 0.2) is 0 Å². The summed E-state index contributed by atoms with van der Waals surface area (Å²) in [4.78, 5) is 23.9. The predicted molar refractivity (Wildman–Crippen MR) is 51.7 cm³/mol. The second-order valence-electron chi connectivity index (χ2n) is 3.76. The van der Waals surface area contributed by atoms with E-state index in [0.29, 0.717) is 19.8 Å². The number of hydrogen-bond donors (Lipinski definition) is 2. The molecule has 2 rings (SSSR count). The Hall–Kier alpha value is -1.18. The fraction of sp³-hybridized carbons (Fsp3) is 0.778. The zero-order valence-corrected chi connectivity index (χ0v) is 8.72. The van der Waals surface area contributed by atoms with Gasteiger partial charge in [0.1, 0.15) is 6.61 Å². The third-order valence-corrected chi connectivity index (χ3v) is 2.35. The Kier molecular flexibility index (Phi) is 3.37. The Bertz CT molecular complexity index is 288. The molecule has 90 valence electrons. The molecular formula is C9H14N2O5. The van der Waals surface area contributed by atoms with Crippen molar-refractivity contribution >= 4 is 11.9 Å². The number of rotatable bonds is 5. The van der Waals surface area contributed by atoms with Gasteiger partial charge in [-0.1, -0.05) is 0 Å². The summed E-state index contributed by atoms with van der Waals surface area (Å²) in [5.74, 6) is -0.621. The first-order valence-electron chi connectivity index (χ1n) is 5.13. The van der Waals surface area contributed by atoms with Crippen molar-refractivity contribution in [2.45, 2.75) is 12.2 Å². The second kappa shape index (κ2) is 4.77. The summed E-state index contributed by atoms with van der Waals surface area (Å²) in [6.07, 6.45) is -0.0226. The van der Waals surface area contributed by atoms with E-state index < -0.39 is 18.5 Å². The molecule has 0 saturated carbocycles. The molecule has 0 bridgehead atoms. The van der Waals surface area contributed by atoms with E-state index in [1.807, 2.05) is 0 Å². The molecule has 0 spiro atoms. The number of imide groups is 1. The lowest BCUT2D eigenvalue weighted by Crippen LogP contribution is -2.47. The number of carbonyl (C=O) groups is 2. The molecule has 2 fully saturated rings. The van der Waals surface area contributed by atoms with Crippen LogP contribution in [0, 0.1) is 0 Å². The van der Waals surface area contributed by atoms with Gasteiger partial charge in [-0.3, -0.25) is 9.69 Å². The zero-order valence-electron chi connectivity index (χ0n) is 8.72. The van der Waals surface area contributed by atoms with E-state index in [9.17, 15) is 9.59 Å². The summed E-state index contributed by atoms with van der Waals surface area (Å²) < 4.78 is 9.87. The Morgan fingerprint density at radius 2 is 1.94 bits per heavy atom. The summed E-state index contributed by atoms with van der Waals surface area (Å²) in [7, 11) is 0. The van der Waals surface area contributed by atoms with Crippen LogP contribution in [0.3, 0.4) is 0 Å². The van der Waals surface area contributed by atoms with Gasteiger partial charge in [-0.25, -0.2) is 4.79 Å². The molecule has 7 nitrogen and oxygen atoms in total. The minimum atomic E-state index is -0.680. The van der Waals surface area contributed by atoms with Gasteiger partial charge in [-0.2, -0.15) is 0 Å². The molecule has 0 radical (unpaired) electrons. The Labute approximate surface area is 92.3 Å². The van der Waals surface area contributed by atoms with Crippen molar-refractivity contribution < 1.29 is 24.2 Å². The van der Waals surface area contributed by atoms with Crippen molar-refractivity contribution in [1.82, 2.24) is 10.2 Å². The molecule has 7 heteroatoms. The topological polar surface area (TPSA) is 94.7 Å². The van der Waals surface area contributed by atoms with Gasteiger partial charge in [-0.15, -0.1) is 0 Å². The van der Waals surface area contributed by atoms with Gasteiger partial charge >= 0.3 is 6.03 Å². The third-order valence-electron chi connectivity index (χ3n) is 2.35. The summed E-state index contributed by atoms with van der Waals surface area (Å²) >= 11 is 0. The Morgan fingerprint density at radius 3 is 2.44 bits per heavy atom. The molecular weight excluding hydrogens is 216 g/mol. The maximum Gasteiger partial charge on any atom is 0.324 e. The first-order chi connectivity index (χ1) is 7.70. The van der Waals surface area contributed by atoms with Crippen molar-refractivity contribution in [3.05, 3.63) is 0 Å². The average molecular weight is 230 g/mol.